The number of nitrogens with zero attached hydrogens (tertiary/aromatic N) is 1. The molecular weight excluding hydrogens is 290 g/mol. The lowest BCUT2D eigenvalue weighted by molar-refractivity contribution is -0.127. The molecule has 1 atom stereocenters. The highest BCUT2D eigenvalue weighted by molar-refractivity contribution is 6.30. The number of halogens is 1. The number of amides is 3. The van der Waals surface area contributed by atoms with Crippen LogP contribution in [0.3, 0.4) is 0 Å². The predicted octanol–water partition coefficient (Wildman–Crippen LogP) is 2.32. The zero-order valence-electron chi connectivity index (χ0n) is 12.1. The second kappa shape index (κ2) is 7.31. The van der Waals surface area contributed by atoms with Gasteiger partial charge < -0.3 is 15.5 Å². The van der Waals surface area contributed by atoms with E-state index < -0.39 is 0 Å². The van der Waals surface area contributed by atoms with Gasteiger partial charge in [-0.25, -0.2) is 4.79 Å². The van der Waals surface area contributed by atoms with Crippen molar-refractivity contribution >= 4 is 23.5 Å². The fraction of sp³-hybridized carbons (Fsp3) is 0.467. The predicted molar refractivity (Wildman–Crippen MR) is 82.2 cm³/mol. The number of urea groups is 1. The summed E-state index contributed by atoms with van der Waals surface area (Å²) >= 11 is 5.83. The number of rotatable bonds is 5. The van der Waals surface area contributed by atoms with Crippen LogP contribution in [0.15, 0.2) is 24.3 Å². The van der Waals surface area contributed by atoms with E-state index in [4.69, 9.17) is 11.6 Å². The Bertz CT molecular complexity index is 504. The van der Waals surface area contributed by atoms with Gasteiger partial charge in [0.25, 0.3) is 0 Å². The van der Waals surface area contributed by atoms with Crippen LogP contribution in [0.5, 0.6) is 0 Å². The third-order valence-corrected chi connectivity index (χ3v) is 3.81. The van der Waals surface area contributed by atoms with Crippen molar-refractivity contribution in [2.24, 2.45) is 0 Å². The SMILES string of the molecule is CC(NC(=O)NCCN1CCCC1=O)c1ccc(Cl)cc1. The van der Waals surface area contributed by atoms with Crippen LogP contribution in [-0.4, -0.2) is 36.5 Å². The highest BCUT2D eigenvalue weighted by atomic mass is 35.5. The molecule has 1 unspecified atom stereocenters. The molecule has 1 saturated heterocycles. The molecular formula is C15H20ClN3O2. The molecule has 0 aliphatic carbocycles. The molecule has 1 aliphatic rings. The summed E-state index contributed by atoms with van der Waals surface area (Å²) in [6, 6.07) is 7.03. The Hall–Kier alpha value is -1.75. The van der Waals surface area contributed by atoms with Gasteiger partial charge in [0.15, 0.2) is 0 Å². The molecule has 2 rings (SSSR count). The number of likely N-dealkylation sites (tertiary alicyclic amines) is 1. The summed E-state index contributed by atoms with van der Waals surface area (Å²) in [6.07, 6.45) is 1.54. The topological polar surface area (TPSA) is 61.4 Å². The average molecular weight is 310 g/mol. The molecule has 5 nitrogen and oxygen atoms in total. The molecule has 114 valence electrons. The Balaban J connectivity index is 1.71. The van der Waals surface area contributed by atoms with Gasteiger partial charge in [-0.05, 0) is 31.0 Å². The average Bonchev–Trinajstić information content (AvgIpc) is 2.85. The van der Waals surface area contributed by atoms with E-state index in [9.17, 15) is 9.59 Å². The summed E-state index contributed by atoms with van der Waals surface area (Å²) in [5.74, 6) is 0.173. The molecule has 1 fully saturated rings. The first-order valence-electron chi connectivity index (χ1n) is 7.14. The van der Waals surface area contributed by atoms with Gasteiger partial charge in [0.05, 0.1) is 6.04 Å². The van der Waals surface area contributed by atoms with Crippen molar-refractivity contribution in [2.75, 3.05) is 19.6 Å². The van der Waals surface area contributed by atoms with Crippen molar-refractivity contribution in [3.8, 4) is 0 Å². The van der Waals surface area contributed by atoms with Crippen LogP contribution in [0, 0.1) is 0 Å². The minimum atomic E-state index is -0.232. The zero-order valence-corrected chi connectivity index (χ0v) is 12.8. The highest BCUT2D eigenvalue weighted by Gasteiger charge is 2.19. The van der Waals surface area contributed by atoms with Gasteiger partial charge in [-0.15, -0.1) is 0 Å². The summed E-state index contributed by atoms with van der Waals surface area (Å²) in [6.45, 7) is 3.74. The van der Waals surface area contributed by atoms with Gasteiger partial charge in [-0.3, -0.25) is 4.79 Å². The number of hydrogen-bond donors (Lipinski definition) is 2. The fourth-order valence-corrected chi connectivity index (χ4v) is 2.45. The van der Waals surface area contributed by atoms with E-state index in [2.05, 4.69) is 10.6 Å². The van der Waals surface area contributed by atoms with Crippen LogP contribution in [0.25, 0.3) is 0 Å². The van der Waals surface area contributed by atoms with Gasteiger partial charge in [0.2, 0.25) is 5.91 Å². The number of nitrogens with one attached hydrogen (secondary N) is 2. The quantitative estimate of drug-likeness (QED) is 0.877. The number of carbonyl (C=O) groups is 2. The molecule has 0 saturated carbocycles. The summed E-state index contributed by atoms with van der Waals surface area (Å²) in [7, 11) is 0. The molecule has 1 aliphatic heterocycles. The van der Waals surface area contributed by atoms with Crippen molar-refractivity contribution in [1.82, 2.24) is 15.5 Å². The van der Waals surface area contributed by atoms with Crippen molar-refractivity contribution < 1.29 is 9.59 Å². The lowest BCUT2D eigenvalue weighted by Gasteiger charge is -2.18. The Morgan fingerprint density at radius 1 is 1.38 bits per heavy atom. The van der Waals surface area contributed by atoms with Crippen LogP contribution in [0.1, 0.15) is 31.4 Å². The second-order valence-electron chi connectivity index (χ2n) is 5.16. The highest BCUT2D eigenvalue weighted by Crippen LogP contribution is 2.15. The normalized spacial score (nSPS) is 15.9. The van der Waals surface area contributed by atoms with Crippen LogP contribution in [0.2, 0.25) is 5.02 Å². The Morgan fingerprint density at radius 2 is 2.10 bits per heavy atom. The summed E-state index contributed by atoms with van der Waals surface area (Å²) < 4.78 is 0. The second-order valence-corrected chi connectivity index (χ2v) is 5.59. The maximum atomic E-state index is 11.8. The van der Waals surface area contributed by atoms with E-state index in [1.54, 1.807) is 17.0 Å². The summed E-state index contributed by atoms with van der Waals surface area (Å²) in [5.41, 5.74) is 0.990. The van der Waals surface area contributed by atoms with E-state index in [0.717, 1.165) is 18.5 Å². The fourth-order valence-electron chi connectivity index (χ4n) is 2.33. The summed E-state index contributed by atoms with van der Waals surface area (Å²) in [4.78, 5) is 25.0. The van der Waals surface area contributed by atoms with E-state index in [1.807, 2.05) is 19.1 Å². The molecule has 2 N–H and O–H groups in total. The van der Waals surface area contributed by atoms with Crippen molar-refractivity contribution in [2.45, 2.75) is 25.8 Å². The van der Waals surface area contributed by atoms with Gasteiger partial charge >= 0.3 is 6.03 Å². The largest absolute Gasteiger partial charge is 0.341 e. The van der Waals surface area contributed by atoms with E-state index in [1.165, 1.54) is 0 Å². The van der Waals surface area contributed by atoms with Crippen molar-refractivity contribution in [1.29, 1.82) is 0 Å². The number of hydrogen-bond acceptors (Lipinski definition) is 2. The Morgan fingerprint density at radius 3 is 2.71 bits per heavy atom. The zero-order chi connectivity index (χ0) is 15.2. The van der Waals surface area contributed by atoms with Crippen molar-refractivity contribution in [3.05, 3.63) is 34.9 Å². The van der Waals surface area contributed by atoms with Gasteiger partial charge in [0, 0.05) is 31.1 Å². The van der Waals surface area contributed by atoms with Gasteiger partial charge in [-0.1, -0.05) is 23.7 Å². The van der Waals surface area contributed by atoms with E-state index in [0.29, 0.717) is 24.5 Å². The minimum absolute atomic E-state index is 0.101. The molecule has 3 amide bonds. The lowest BCUT2D eigenvalue weighted by atomic mass is 10.1. The third kappa shape index (κ3) is 4.63. The first kappa shape index (κ1) is 15.6. The van der Waals surface area contributed by atoms with Gasteiger partial charge in [0.1, 0.15) is 0 Å². The van der Waals surface area contributed by atoms with E-state index >= 15 is 0 Å². The van der Waals surface area contributed by atoms with E-state index in [-0.39, 0.29) is 18.0 Å². The molecule has 6 heteroatoms. The standard InChI is InChI=1S/C15H20ClN3O2/c1-11(12-4-6-13(16)7-5-12)18-15(21)17-8-10-19-9-2-3-14(19)20/h4-7,11H,2-3,8-10H2,1H3,(H2,17,18,21). The maximum Gasteiger partial charge on any atom is 0.315 e. The molecule has 21 heavy (non-hydrogen) atoms. The molecule has 1 aromatic carbocycles. The lowest BCUT2D eigenvalue weighted by Crippen LogP contribution is -2.41. The number of carbonyl (C=O) groups excluding carboxylic acids is 2. The van der Waals surface area contributed by atoms with Crippen LogP contribution >= 0.6 is 11.6 Å². The van der Waals surface area contributed by atoms with Crippen LogP contribution in [-0.2, 0) is 4.79 Å². The molecule has 0 spiro atoms. The molecule has 0 aromatic heterocycles. The van der Waals surface area contributed by atoms with Crippen molar-refractivity contribution in [3.63, 3.8) is 0 Å². The molecule has 0 radical (unpaired) electrons. The molecule has 0 bridgehead atoms. The Labute approximate surface area is 129 Å². The smallest absolute Gasteiger partial charge is 0.315 e. The minimum Gasteiger partial charge on any atom is -0.341 e. The Kier molecular flexibility index (Phi) is 5.44. The third-order valence-electron chi connectivity index (χ3n) is 3.56. The first-order valence-corrected chi connectivity index (χ1v) is 7.51. The summed E-state index contributed by atoms with van der Waals surface area (Å²) in [5, 5.41) is 6.30. The molecule has 1 heterocycles. The first-order chi connectivity index (χ1) is 10.1. The number of benzene rings is 1. The van der Waals surface area contributed by atoms with Crippen LogP contribution in [0.4, 0.5) is 4.79 Å². The van der Waals surface area contributed by atoms with Gasteiger partial charge in [-0.2, -0.15) is 0 Å². The maximum absolute atomic E-state index is 11.8. The molecule has 1 aromatic rings. The van der Waals surface area contributed by atoms with Crippen LogP contribution < -0.4 is 10.6 Å². The monoisotopic (exact) mass is 309 g/mol.